The molecule has 0 N–H and O–H groups in total. The fourth-order valence-corrected chi connectivity index (χ4v) is 2.41. The van der Waals surface area contributed by atoms with Crippen LogP contribution in [0, 0.1) is 23.5 Å². The van der Waals surface area contributed by atoms with E-state index in [0.717, 1.165) is 13.5 Å². The van der Waals surface area contributed by atoms with Crippen molar-refractivity contribution in [3.63, 3.8) is 0 Å². The Morgan fingerprint density at radius 2 is 1.57 bits per heavy atom. The number of carbonyl (C=O) groups excluding carboxylic acids is 1. The van der Waals surface area contributed by atoms with Gasteiger partial charge in [0.05, 0.1) is 7.11 Å². The first-order valence-electron chi connectivity index (χ1n) is 6.38. The van der Waals surface area contributed by atoms with Gasteiger partial charge in [-0.25, -0.2) is 4.79 Å². The average Bonchev–Trinajstić information content (AvgIpc) is 2.49. The van der Waals surface area contributed by atoms with Crippen molar-refractivity contribution < 1.29 is 31.8 Å². The Bertz CT molecular complexity index is 533. The molecule has 1 aliphatic rings. The third-order valence-corrected chi connectivity index (χ3v) is 3.47. The lowest BCUT2D eigenvalue weighted by Crippen LogP contribution is -2.47. The van der Waals surface area contributed by atoms with Crippen molar-refractivity contribution >= 4 is 5.97 Å². The highest BCUT2D eigenvalue weighted by Gasteiger charge is 2.45. The first-order chi connectivity index (χ1) is 9.91. The molecule has 0 atom stereocenters. The molecule has 4 nitrogen and oxygen atoms in total. The molecule has 1 saturated carbocycles. The second kappa shape index (κ2) is 5.87. The maximum absolute atomic E-state index is 13.6. The normalized spacial score (nSPS) is 17.4. The summed E-state index contributed by atoms with van der Waals surface area (Å²) in [4.78, 5) is 14.3. The molecule has 2 rings (SSSR count). The summed E-state index contributed by atoms with van der Waals surface area (Å²) in [6, 6.07) is 0. The van der Waals surface area contributed by atoms with Gasteiger partial charge in [0.2, 0.25) is 23.0 Å². The summed E-state index contributed by atoms with van der Waals surface area (Å²) in [5.41, 5.74) is -1.64. The zero-order valence-electron chi connectivity index (χ0n) is 11.2. The number of methoxy groups -OCH3 is 1. The highest BCUT2D eigenvalue weighted by molar-refractivity contribution is 5.80. The molecule has 0 amide bonds. The van der Waals surface area contributed by atoms with Crippen LogP contribution in [0.1, 0.15) is 32.1 Å². The molecule has 0 bridgehead atoms. The van der Waals surface area contributed by atoms with Crippen molar-refractivity contribution in [2.24, 2.45) is 0 Å². The third kappa shape index (κ3) is 2.79. The highest BCUT2D eigenvalue weighted by atomic mass is 19.2. The molecule has 1 aliphatic carbocycles. The topological polar surface area (TPSA) is 48.4 Å². The minimum Gasteiger partial charge on any atom is -0.469 e. The van der Waals surface area contributed by atoms with E-state index in [-0.39, 0.29) is 12.8 Å². The molecular formula is C13H13F4NO3. The van der Waals surface area contributed by atoms with Crippen LogP contribution in [0.3, 0.4) is 0 Å². The van der Waals surface area contributed by atoms with Crippen molar-refractivity contribution in [2.75, 3.05) is 7.11 Å². The SMILES string of the molecule is COC(=O)C1(Oc2c(F)c(F)nc(F)c2F)CCCCC1. The first kappa shape index (κ1) is 15.5. The lowest BCUT2D eigenvalue weighted by Gasteiger charge is -2.34. The fraction of sp³-hybridized carbons (Fsp3) is 0.538. The Morgan fingerprint density at radius 1 is 1.05 bits per heavy atom. The van der Waals surface area contributed by atoms with Crippen molar-refractivity contribution in [3.8, 4) is 5.75 Å². The van der Waals surface area contributed by atoms with Crippen LogP contribution in [0.5, 0.6) is 5.75 Å². The molecule has 0 aromatic carbocycles. The van der Waals surface area contributed by atoms with Crippen molar-refractivity contribution in [3.05, 3.63) is 23.5 Å². The Morgan fingerprint density at radius 3 is 2.05 bits per heavy atom. The second-order valence-electron chi connectivity index (χ2n) is 4.80. The molecule has 0 aliphatic heterocycles. The van der Waals surface area contributed by atoms with Gasteiger partial charge in [0.25, 0.3) is 11.9 Å². The summed E-state index contributed by atoms with van der Waals surface area (Å²) >= 11 is 0. The second-order valence-corrected chi connectivity index (χ2v) is 4.80. The Hall–Kier alpha value is -1.86. The van der Waals surface area contributed by atoms with Gasteiger partial charge in [0.15, 0.2) is 0 Å². The Balaban J connectivity index is 2.44. The Kier molecular flexibility index (Phi) is 4.34. The van der Waals surface area contributed by atoms with E-state index in [0.29, 0.717) is 12.8 Å². The van der Waals surface area contributed by atoms with Gasteiger partial charge in [0.1, 0.15) is 0 Å². The molecule has 0 spiro atoms. The number of carbonyl (C=O) groups is 1. The van der Waals surface area contributed by atoms with E-state index >= 15 is 0 Å². The average molecular weight is 307 g/mol. The smallest absolute Gasteiger partial charge is 0.350 e. The van der Waals surface area contributed by atoms with Gasteiger partial charge in [-0.15, -0.1) is 0 Å². The van der Waals surface area contributed by atoms with Gasteiger partial charge in [-0.2, -0.15) is 22.5 Å². The van der Waals surface area contributed by atoms with E-state index < -0.39 is 40.8 Å². The van der Waals surface area contributed by atoms with Crippen LogP contribution < -0.4 is 4.74 Å². The summed E-state index contributed by atoms with van der Waals surface area (Å²) in [5.74, 6) is -9.34. The number of nitrogens with zero attached hydrogens (tertiary/aromatic N) is 1. The number of esters is 1. The number of ether oxygens (including phenoxy) is 2. The highest BCUT2D eigenvalue weighted by Crippen LogP contribution is 2.36. The van der Waals surface area contributed by atoms with Crippen molar-refractivity contribution in [1.29, 1.82) is 0 Å². The van der Waals surface area contributed by atoms with Gasteiger partial charge in [0, 0.05) is 0 Å². The number of hydrogen-bond acceptors (Lipinski definition) is 4. The van der Waals surface area contributed by atoms with Crippen LogP contribution in [0.2, 0.25) is 0 Å². The van der Waals surface area contributed by atoms with E-state index in [9.17, 15) is 22.4 Å². The fourth-order valence-electron chi connectivity index (χ4n) is 2.41. The largest absolute Gasteiger partial charge is 0.469 e. The minimum absolute atomic E-state index is 0.143. The van der Waals surface area contributed by atoms with Gasteiger partial charge < -0.3 is 9.47 Å². The summed E-state index contributed by atoms with van der Waals surface area (Å²) in [7, 11) is 1.10. The molecular weight excluding hydrogens is 294 g/mol. The maximum atomic E-state index is 13.6. The van der Waals surface area contributed by atoms with Crippen molar-refractivity contribution in [2.45, 2.75) is 37.7 Å². The molecule has 116 valence electrons. The summed E-state index contributed by atoms with van der Waals surface area (Å²) in [6.45, 7) is 0. The van der Waals surface area contributed by atoms with Crippen LogP contribution in [-0.4, -0.2) is 23.7 Å². The summed E-state index contributed by atoms with van der Waals surface area (Å²) < 4.78 is 63.1. The summed E-state index contributed by atoms with van der Waals surface area (Å²) in [5, 5.41) is 0. The zero-order chi connectivity index (χ0) is 15.6. The predicted octanol–water partition coefficient (Wildman–Crippen LogP) is 2.89. The number of halogens is 4. The standard InChI is InChI=1S/C13H13F4NO3/c1-20-12(19)13(5-3-2-4-6-13)21-9-7(14)10(16)18-11(17)8(9)15/h2-6H2,1H3. The number of aromatic nitrogens is 1. The zero-order valence-corrected chi connectivity index (χ0v) is 11.2. The monoisotopic (exact) mass is 307 g/mol. The molecule has 1 heterocycles. The van der Waals surface area contributed by atoms with Crippen LogP contribution in [-0.2, 0) is 9.53 Å². The molecule has 0 saturated heterocycles. The predicted molar refractivity (Wildman–Crippen MR) is 62.5 cm³/mol. The van der Waals surface area contributed by atoms with Crippen LogP contribution >= 0.6 is 0 Å². The molecule has 1 aromatic rings. The van der Waals surface area contributed by atoms with Crippen LogP contribution in [0.25, 0.3) is 0 Å². The first-order valence-corrected chi connectivity index (χ1v) is 6.38. The van der Waals surface area contributed by atoms with Gasteiger partial charge in [-0.05, 0) is 25.7 Å². The molecule has 21 heavy (non-hydrogen) atoms. The molecule has 0 radical (unpaired) electrons. The third-order valence-electron chi connectivity index (χ3n) is 3.47. The van der Waals surface area contributed by atoms with E-state index in [1.54, 1.807) is 0 Å². The number of rotatable bonds is 3. The quantitative estimate of drug-likeness (QED) is 0.489. The maximum Gasteiger partial charge on any atom is 0.350 e. The summed E-state index contributed by atoms with van der Waals surface area (Å²) in [6.07, 6.45) is 2.23. The molecule has 1 fully saturated rings. The lowest BCUT2D eigenvalue weighted by atomic mass is 9.84. The van der Waals surface area contributed by atoms with Gasteiger partial charge in [-0.1, -0.05) is 6.42 Å². The Labute approximate surface area is 118 Å². The van der Waals surface area contributed by atoms with Gasteiger partial charge in [-0.3, -0.25) is 0 Å². The van der Waals surface area contributed by atoms with E-state index in [2.05, 4.69) is 9.72 Å². The molecule has 1 aromatic heterocycles. The van der Waals surface area contributed by atoms with E-state index in [4.69, 9.17) is 4.74 Å². The lowest BCUT2D eigenvalue weighted by molar-refractivity contribution is -0.162. The number of pyridine rings is 1. The molecule has 8 heteroatoms. The van der Waals surface area contributed by atoms with Crippen LogP contribution in [0.15, 0.2) is 0 Å². The number of hydrogen-bond donors (Lipinski definition) is 0. The van der Waals surface area contributed by atoms with Gasteiger partial charge >= 0.3 is 5.97 Å². The van der Waals surface area contributed by atoms with E-state index in [1.807, 2.05) is 0 Å². The van der Waals surface area contributed by atoms with E-state index in [1.165, 1.54) is 0 Å². The van der Waals surface area contributed by atoms with Crippen LogP contribution in [0.4, 0.5) is 17.6 Å². The minimum atomic E-state index is -1.83. The molecule has 0 unspecified atom stereocenters. The van der Waals surface area contributed by atoms with Crippen molar-refractivity contribution in [1.82, 2.24) is 4.98 Å².